The van der Waals surface area contributed by atoms with Crippen molar-refractivity contribution in [1.82, 2.24) is 4.90 Å². The summed E-state index contributed by atoms with van der Waals surface area (Å²) >= 11 is 0. The Kier molecular flexibility index (Phi) is 6.26. The van der Waals surface area contributed by atoms with Gasteiger partial charge in [-0.2, -0.15) is 0 Å². The van der Waals surface area contributed by atoms with Crippen LogP contribution < -0.4 is 0 Å². The molecule has 0 aromatic carbocycles. The minimum Gasteiger partial charge on any atom is -0.393 e. The Morgan fingerprint density at radius 1 is 1.27 bits per heavy atom. The van der Waals surface area contributed by atoms with Crippen molar-refractivity contribution in [2.24, 2.45) is 5.92 Å². The Morgan fingerprint density at radius 2 is 1.93 bits per heavy atom. The maximum absolute atomic E-state index is 9.41. The molecular weight excluding hydrogens is 186 g/mol. The molecular formula is C13H27NO. The number of likely N-dealkylation sites (tertiary alicyclic amines) is 1. The third-order valence-electron chi connectivity index (χ3n) is 3.43. The molecule has 0 aromatic rings. The Hall–Kier alpha value is -0.0800. The molecule has 15 heavy (non-hydrogen) atoms. The molecule has 90 valence electrons. The highest BCUT2D eigenvalue weighted by atomic mass is 16.3. The van der Waals surface area contributed by atoms with Crippen LogP contribution in [-0.4, -0.2) is 35.7 Å². The average Bonchev–Trinajstić information content (AvgIpc) is 2.22. The Balaban J connectivity index is 2.06. The Labute approximate surface area is 94.7 Å². The zero-order valence-electron chi connectivity index (χ0n) is 10.4. The van der Waals surface area contributed by atoms with E-state index in [0.29, 0.717) is 0 Å². The minimum absolute atomic E-state index is 0.0309. The van der Waals surface area contributed by atoms with Gasteiger partial charge in [0.2, 0.25) is 0 Å². The van der Waals surface area contributed by atoms with Crippen LogP contribution in [0.1, 0.15) is 52.4 Å². The van der Waals surface area contributed by atoms with Gasteiger partial charge in [0.25, 0.3) is 0 Å². The Bertz CT molecular complexity index is 153. The normalized spacial score (nSPS) is 21.8. The van der Waals surface area contributed by atoms with E-state index < -0.39 is 0 Å². The fraction of sp³-hybridized carbons (Fsp3) is 1.00. The summed E-state index contributed by atoms with van der Waals surface area (Å²) < 4.78 is 0. The summed E-state index contributed by atoms with van der Waals surface area (Å²) in [5, 5.41) is 9.41. The highest BCUT2D eigenvalue weighted by Gasteiger charge is 2.18. The van der Waals surface area contributed by atoms with Crippen molar-refractivity contribution in [3.8, 4) is 0 Å². The van der Waals surface area contributed by atoms with Gasteiger partial charge < -0.3 is 10.0 Å². The molecule has 1 N–H and O–H groups in total. The lowest BCUT2D eigenvalue weighted by molar-refractivity contribution is 0.0751. The molecule has 1 atom stereocenters. The molecule has 1 saturated heterocycles. The van der Waals surface area contributed by atoms with Crippen LogP contribution in [0.15, 0.2) is 0 Å². The third-order valence-corrected chi connectivity index (χ3v) is 3.43. The molecule has 1 heterocycles. The van der Waals surface area contributed by atoms with Crippen LogP contribution in [0.3, 0.4) is 0 Å². The van der Waals surface area contributed by atoms with Crippen LogP contribution in [0.4, 0.5) is 0 Å². The first-order valence-corrected chi connectivity index (χ1v) is 6.62. The predicted molar refractivity (Wildman–Crippen MR) is 65.0 cm³/mol. The largest absolute Gasteiger partial charge is 0.393 e. The lowest BCUT2D eigenvalue weighted by Gasteiger charge is -2.31. The van der Waals surface area contributed by atoms with E-state index in [1.807, 2.05) is 0 Å². The monoisotopic (exact) mass is 213 g/mol. The average molecular weight is 213 g/mol. The second-order valence-corrected chi connectivity index (χ2v) is 5.13. The second kappa shape index (κ2) is 7.24. The standard InChI is InChI=1S/C13H27NO/c1-3-4-5-6-12(2)11-14-9-7-13(15)8-10-14/h12-13,15H,3-11H2,1-2H3. The van der Waals surface area contributed by atoms with Crippen LogP contribution in [0.25, 0.3) is 0 Å². The summed E-state index contributed by atoms with van der Waals surface area (Å²) in [7, 11) is 0. The van der Waals surface area contributed by atoms with E-state index in [2.05, 4.69) is 18.7 Å². The molecule has 0 aromatic heterocycles. The van der Waals surface area contributed by atoms with Gasteiger partial charge in [0.15, 0.2) is 0 Å². The van der Waals surface area contributed by atoms with Gasteiger partial charge in [0.05, 0.1) is 6.10 Å². The van der Waals surface area contributed by atoms with Crippen molar-refractivity contribution < 1.29 is 5.11 Å². The highest BCUT2D eigenvalue weighted by molar-refractivity contribution is 4.72. The van der Waals surface area contributed by atoms with E-state index in [9.17, 15) is 5.11 Å². The van der Waals surface area contributed by atoms with Crippen LogP contribution in [0.2, 0.25) is 0 Å². The van der Waals surface area contributed by atoms with Gasteiger partial charge >= 0.3 is 0 Å². The molecule has 0 spiro atoms. The number of aliphatic hydroxyl groups excluding tert-OH is 1. The van der Waals surface area contributed by atoms with Crippen molar-refractivity contribution in [3.05, 3.63) is 0 Å². The number of hydrogen-bond donors (Lipinski definition) is 1. The quantitative estimate of drug-likeness (QED) is 0.686. The summed E-state index contributed by atoms with van der Waals surface area (Å²) in [5.41, 5.74) is 0. The number of aliphatic hydroxyl groups is 1. The molecule has 1 unspecified atom stereocenters. The molecule has 1 fully saturated rings. The van der Waals surface area contributed by atoms with Gasteiger partial charge in [0, 0.05) is 19.6 Å². The van der Waals surface area contributed by atoms with Crippen LogP contribution in [-0.2, 0) is 0 Å². The first-order valence-electron chi connectivity index (χ1n) is 6.62. The summed E-state index contributed by atoms with van der Waals surface area (Å²) in [5.74, 6) is 0.826. The van der Waals surface area contributed by atoms with Crippen molar-refractivity contribution in [2.45, 2.75) is 58.5 Å². The molecule has 1 aliphatic heterocycles. The van der Waals surface area contributed by atoms with Gasteiger partial charge in [-0.05, 0) is 25.2 Å². The lowest BCUT2D eigenvalue weighted by Crippen LogP contribution is -2.38. The predicted octanol–water partition coefficient (Wildman–Crippen LogP) is 2.66. The van der Waals surface area contributed by atoms with Crippen LogP contribution >= 0.6 is 0 Å². The zero-order chi connectivity index (χ0) is 11.1. The maximum Gasteiger partial charge on any atom is 0.0564 e. The third kappa shape index (κ3) is 5.53. The van der Waals surface area contributed by atoms with Gasteiger partial charge in [0.1, 0.15) is 0 Å². The van der Waals surface area contributed by atoms with Gasteiger partial charge in [-0.1, -0.05) is 33.1 Å². The maximum atomic E-state index is 9.41. The summed E-state index contributed by atoms with van der Waals surface area (Å²) in [6.45, 7) is 8.05. The topological polar surface area (TPSA) is 23.5 Å². The molecule has 0 radical (unpaired) electrons. The first kappa shape index (κ1) is 13.0. The molecule has 2 nitrogen and oxygen atoms in total. The molecule has 0 amide bonds. The lowest BCUT2D eigenvalue weighted by atomic mass is 10.0. The molecule has 1 aliphatic rings. The fourth-order valence-electron chi connectivity index (χ4n) is 2.38. The molecule has 0 aliphatic carbocycles. The number of unbranched alkanes of at least 4 members (excludes halogenated alkanes) is 2. The van der Waals surface area contributed by atoms with Crippen LogP contribution in [0.5, 0.6) is 0 Å². The van der Waals surface area contributed by atoms with Crippen molar-refractivity contribution >= 4 is 0 Å². The molecule has 0 bridgehead atoms. The number of rotatable bonds is 6. The summed E-state index contributed by atoms with van der Waals surface area (Å²) in [6.07, 6.45) is 7.37. The first-order chi connectivity index (χ1) is 7.22. The van der Waals surface area contributed by atoms with E-state index in [0.717, 1.165) is 31.8 Å². The van der Waals surface area contributed by atoms with Gasteiger partial charge in [-0.3, -0.25) is 0 Å². The number of nitrogens with zero attached hydrogens (tertiary/aromatic N) is 1. The minimum atomic E-state index is -0.0309. The van der Waals surface area contributed by atoms with E-state index in [-0.39, 0.29) is 6.10 Å². The van der Waals surface area contributed by atoms with Crippen molar-refractivity contribution in [3.63, 3.8) is 0 Å². The van der Waals surface area contributed by atoms with Crippen molar-refractivity contribution in [1.29, 1.82) is 0 Å². The fourth-order valence-corrected chi connectivity index (χ4v) is 2.38. The van der Waals surface area contributed by atoms with Crippen molar-refractivity contribution in [2.75, 3.05) is 19.6 Å². The Morgan fingerprint density at radius 3 is 2.53 bits per heavy atom. The zero-order valence-corrected chi connectivity index (χ0v) is 10.4. The highest BCUT2D eigenvalue weighted by Crippen LogP contribution is 2.15. The van der Waals surface area contributed by atoms with Crippen LogP contribution in [0, 0.1) is 5.92 Å². The van der Waals surface area contributed by atoms with E-state index in [1.54, 1.807) is 0 Å². The summed E-state index contributed by atoms with van der Waals surface area (Å²) in [6, 6.07) is 0. The molecule has 1 rings (SSSR count). The smallest absolute Gasteiger partial charge is 0.0564 e. The second-order valence-electron chi connectivity index (χ2n) is 5.13. The van der Waals surface area contributed by atoms with Gasteiger partial charge in [-0.25, -0.2) is 0 Å². The van der Waals surface area contributed by atoms with E-state index in [4.69, 9.17) is 0 Å². The molecule has 0 saturated carbocycles. The van der Waals surface area contributed by atoms with E-state index >= 15 is 0 Å². The van der Waals surface area contributed by atoms with Gasteiger partial charge in [-0.15, -0.1) is 0 Å². The SMILES string of the molecule is CCCCCC(C)CN1CCC(O)CC1. The number of hydrogen-bond acceptors (Lipinski definition) is 2. The summed E-state index contributed by atoms with van der Waals surface area (Å²) in [4.78, 5) is 2.52. The number of piperidine rings is 1. The van der Waals surface area contributed by atoms with E-state index in [1.165, 1.54) is 32.2 Å². The molecule has 2 heteroatoms.